The van der Waals surface area contributed by atoms with Crippen LogP contribution in [0.15, 0.2) is 24.3 Å². The molecule has 0 spiro atoms. The Morgan fingerprint density at radius 2 is 1.26 bits per heavy atom. The Morgan fingerprint density at radius 3 is 1.68 bits per heavy atom. The maximum atomic E-state index is 11.5. The number of benzene rings is 2. The first-order valence-electron chi connectivity index (χ1n) is 8.43. The van der Waals surface area contributed by atoms with Gasteiger partial charge >= 0.3 is 11.9 Å². The summed E-state index contributed by atoms with van der Waals surface area (Å²) >= 11 is 0. The number of rotatable bonds is 8. The number of nitrogens with one attached hydrogen (secondary N) is 1. The first-order valence-corrected chi connectivity index (χ1v) is 8.43. The van der Waals surface area contributed by atoms with E-state index in [1.54, 1.807) is 0 Å². The number of methoxy groups -OCH3 is 5. The van der Waals surface area contributed by atoms with Gasteiger partial charge in [0, 0.05) is 24.3 Å². The van der Waals surface area contributed by atoms with Gasteiger partial charge in [-0.3, -0.25) is 0 Å². The molecule has 0 atom stereocenters. The summed E-state index contributed by atoms with van der Waals surface area (Å²) in [5.74, 6) is -0.209. The topological polar surface area (TPSA) is 168 Å². The van der Waals surface area contributed by atoms with E-state index in [0.717, 1.165) is 0 Å². The molecule has 0 saturated carbocycles. The number of hydrogen-bond acceptors (Lipinski definition) is 11. The fourth-order valence-corrected chi connectivity index (χ4v) is 2.37. The fourth-order valence-electron chi connectivity index (χ4n) is 2.37. The molecular formula is C19H24N2O10. The van der Waals surface area contributed by atoms with E-state index in [1.807, 2.05) is 0 Å². The van der Waals surface area contributed by atoms with E-state index in [1.165, 1.54) is 59.8 Å². The molecular weight excluding hydrogens is 416 g/mol. The zero-order valence-electron chi connectivity index (χ0n) is 17.5. The quantitative estimate of drug-likeness (QED) is 0.205. The predicted octanol–water partition coefficient (Wildman–Crippen LogP) is 2.29. The van der Waals surface area contributed by atoms with Gasteiger partial charge in [-0.1, -0.05) is 0 Å². The molecule has 2 aromatic carbocycles. The van der Waals surface area contributed by atoms with Gasteiger partial charge in [0.25, 0.3) is 0 Å². The Labute approximate surface area is 177 Å². The van der Waals surface area contributed by atoms with Crippen LogP contribution in [0.4, 0.5) is 11.4 Å². The molecule has 0 aliphatic carbocycles. The molecule has 0 heterocycles. The number of carboxylic acid groups (broad SMARTS) is 1. The lowest BCUT2D eigenvalue weighted by Gasteiger charge is -2.13. The van der Waals surface area contributed by atoms with Crippen molar-refractivity contribution in [1.29, 1.82) is 0 Å². The maximum Gasteiger partial charge on any atom is 0.340 e. The smallest absolute Gasteiger partial charge is 0.340 e. The number of carbonyl (C=O) groups is 2. The Kier molecular flexibility index (Phi) is 9.69. The largest absolute Gasteiger partial charge is 0.493 e. The summed E-state index contributed by atoms with van der Waals surface area (Å²) in [6, 6.07) is 5.59. The van der Waals surface area contributed by atoms with E-state index in [4.69, 9.17) is 35.0 Å². The van der Waals surface area contributed by atoms with Gasteiger partial charge in [-0.2, -0.15) is 0 Å². The number of esters is 1. The summed E-state index contributed by atoms with van der Waals surface area (Å²) in [5.41, 5.74) is 8.12. The Morgan fingerprint density at radius 1 is 0.806 bits per heavy atom. The number of hydrogen-bond donors (Lipinski definition) is 4. The van der Waals surface area contributed by atoms with Crippen molar-refractivity contribution in [3.05, 3.63) is 35.4 Å². The molecule has 2 aromatic rings. The van der Waals surface area contributed by atoms with E-state index in [2.05, 4.69) is 15.2 Å². The third kappa shape index (κ3) is 6.29. The number of aromatic carboxylic acids is 1. The van der Waals surface area contributed by atoms with Gasteiger partial charge in [0.05, 0.1) is 58.1 Å². The third-order valence-electron chi connectivity index (χ3n) is 3.87. The van der Waals surface area contributed by atoms with Crippen LogP contribution in [0.5, 0.6) is 23.0 Å². The first-order chi connectivity index (χ1) is 14.8. The van der Waals surface area contributed by atoms with Crippen molar-refractivity contribution in [1.82, 2.24) is 0 Å². The van der Waals surface area contributed by atoms with Crippen LogP contribution in [0.2, 0.25) is 0 Å². The zero-order chi connectivity index (χ0) is 23.6. The normalized spacial score (nSPS) is 9.61. The van der Waals surface area contributed by atoms with E-state index in [-0.39, 0.29) is 22.5 Å². The van der Waals surface area contributed by atoms with E-state index < -0.39 is 11.9 Å². The van der Waals surface area contributed by atoms with Crippen molar-refractivity contribution in [2.75, 3.05) is 46.8 Å². The highest BCUT2D eigenvalue weighted by Crippen LogP contribution is 2.34. The van der Waals surface area contributed by atoms with Gasteiger partial charge in [-0.25, -0.2) is 20.3 Å². The maximum absolute atomic E-state index is 11.5. The number of nitrogens with two attached hydrogens (primary N) is 1. The molecule has 0 aliphatic rings. The fraction of sp³-hybridized carbons (Fsp3) is 0.263. The van der Waals surface area contributed by atoms with Crippen molar-refractivity contribution in [2.45, 2.75) is 0 Å². The zero-order valence-corrected chi connectivity index (χ0v) is 17.5. The highest BCUT2D eigenvalue weighted by molar-refractivity contribution is 5.96. The van der Waals surface area contributed by atoms with Crippen molar-refractivity contribution in [2.24, 2.45) is 0 Å². The molecule has 0 fully saturated rings. The van der Waals surface area contributed by atoms with Crippen molar-refractivity contribution >= 4 is 23.3 Å². The molecule has 0 saturated heterocycles. The standard InChI is InChI=1S/C10H13NO6.C9H11NO4/c1-14-8-4-6(10(12)16-3)7(11-17-13)5-9(8)15-2;1-13-7-3-5(9(11)12)6(10)4-8(7)14-2/h4-5,11,13H,1-3H3;3-4H,10H2,1-2H3,(H,11,12). The van der Waals surface area contributed by atoms with Gasteiger partial charge in [0.2, 0.25) is 0 Å². The number of carbonyl (C=O) groups excluding carboxylic acids is 1. The highest BCUT2D eigenvalue weighted by atomic mass is 17.2. The number of anilines is 2. The monoisotopic (exact) mass is 440 g/mol. The summed E-state index contributed by atoms with van der Waals surface area (Å²) in [7, 11) is 7.01. The van der Waals surface area contributed by atoms with Crippen LogP contribution in [0.1, 0.15) is 20.7 Å². The van der Waals surface area contributed by atoms with Gasteiger partial charge in [-0.15, -0.1) is 4.99 Å². The van der Waals surface area contributed by atoms with Crippen LogP contribution in [-0.2, 0) is 9.73 Å². The van der Waals surface area contributed by atoms with Crippen LogP contribution < -0.4 is 30.2 Å². The lowest BCUT2D eigenvalue weighted by Crippen LogP contribution is -2.08. The molecule has 0 aromatic heterocycles. The first kappa shape index (κ1) is 25.1. The summed E-state index contributed by atoms with van der Waals surface area (Å²) < 4.78 is 24.6. The number of nitrogen functional groups attached to an aromatic ring is 1. The van der Waals surface area contributed by atoms with Gasteiger partial charge < -0.3 is 34.5 Å². The van der Waals surface area contributed by atoms with Crippen molar-refractivity contribution in [3.8, 4) is 23.0 Å². The average Bonchev–Trinajstić information content (AvgIpc) is 2.78. The third-order valence-corrected chi connectivity index (χ3v) is 3.87. The number of ether oxygens (including phenoxy) is 5. The van der Waals surface area contributed by atoms with Crippen LogP contribution in [0.25, 0.3) is 0 Å². The predicted molar refractivity (Wildman–Crippen MR) is 109 cm³/mol. The molecule has 0 bridgehead atoms. The lowest BCUT2D eigenvalue weighted by molar-refractivity contribution is -0.215. The average molecular weight is 440 g/mol. The molecule has 12 nitrogen and oxygen atoms in total. The van der Waals surface area contributed by atoms with Crippen LogP contribution >= 0.6 is 0 Å². The van der Waals surface area contributed by atoms with Crippen LogP contribution in [0.3, 0.4) is 0 Å². The molecule has 170 valence electrons. The summed E-state index contributed by atoms with van der Waals surface area (Å²) in [6.45, 7) is 0. The second kappa shape index (κ2) is 11.9. The van der Waals surface area contributed by atoms with Crippen LogP contribution in [-0.4, -0.2) is 57.9 Å². The van der Waals surface area contributed by atoms with Crippen molar-refractivity contribution in [3.63, 3.8) is 0 Å². The van der Waals surface area contributed by atoms with Gasteiger partial charge in [0.15, 0.2) is 23.0 Å². The summed E-state index contributed by atoms with van der Waals surface area (Å²) in [4.78, 5) is 26.0. The van der Waals surface area contributed by atoms with E-state index in [0.29, 0.717) is 23.0 Å². The Bertz CT molecular complexity index is 917. The molecule has 12 heteroatoms. The highest BCUT2D eigenvalue weighted by Gasteiger charge is 2.17. The second-order valence-electron chi connectivity index (χ2n) is 5.54. The SMILES string of the molecule is COC(=O)c1cc(OC)c(OC)cc1NOO.COc1cc(N)c(C(=O)O)cc1OC. The Balaban J connectivity index is 0.000000316. The van der Waals surface area contributed by atoms with E-state index in [9.17, 15) is 9.59 Å². The second-order valence-corrected chi connectivity index (χ2v) is 5.54. The lowest BCUT2D eigenvalue weighted by atomic mass is 10.1. The van der Waals surface area contributed by atoms with Crippen molar-refractivity contribution < 1.29 is 48.6 Å². The van der Waals surface area contributed by atoms with Gasteiger partial charge in [0.1, 0.15) is 0 Å². The molecule has 2 rings (SSSR count). The van der Waals surface area contributed by atoms with Gasteiger partial charge in [-0.05, 0) is 0 Å². The Hall–Kier alpha value is -3.90. The molecule has 0 unspecified atom stereocenters. The minimum absolute atomic E-state index is 0.00245. The molecule has 0 aliphatic heterocycles. The number of carboxylic acids is 1. The molecule has 0 radical (unpaired) electrons. The summed E-state index contributed by atoms with van der Waals surface area (Å²) in [6.07, 6.45) is 0. The minimum Gasteiger partial charge on any atom is -0.493 e. The molecule has 31 heavy (non-hydrogen) atoms. The summed E-state index contributed by atoms with van der Waals surface area (Å²) in [5, 5.41) is 17.1. The minimum atomic E-state index is -1.09. The van der Waals surface area contributed by atoms with Crippen LogP contribution in [0, 0.1) is 0 Å². The molecule has 5 N–H and O–H groups in total. The molecule has 0 amide bonds. The van der Waals surface area contributed by atoms with E-state index >= 15 is 0 Å².